The first-order chi connectivity index (χ1) is 9.52. The number of halogens is 1. The Hall–Kier alpha value is -0.600. The van der Waals surface area contributed by atoms with E-state index < -0.39 is 30.6 Å². The van der Waals surface area contributed by atoms with Crippen LogP contribution in [0.15, 0.2) is 0 Å². The minimum Gasteiger partial charge on any atom is -0.388 e. The van der Waals surface area contributed by atoms with Gasteiger partial charge in [0.05, 0.1) is 6.61 Å². The van der Waals surface area contributed by atoms with E-state index in [1.807, 2.05) is 0 Å². The number of hydrogen-bond acceptors (Lipinski definition) is 5. The largest absolute Gasteiger partial charge is 0.388 e. The van der Waals surface area contributed by atoms with Crippen LogP contribution >= 0.6 is 11.6 Å². The molecule has 2 rings (SSSR count). The van der Waals surface area contributed by atoms with Gasteiger partial charge in [0, 0.05) is 12.4 Å². The van der Waals surface area contributed by atoms with Crippen LogP contribution in [-0.4, -0.2) is 64.9 Å². The number of ether oxygens (including phenoxy) is 1. The van der Waals surface area contributed by atoms with Crippen molar-refractivity contribution in [3.8, 4) is 0 Å². The topological polar surface area (TPSA) is 111 Å². The van der Waals surface area contributed by atoms with Gasteiger partial charge in [0.2, 0.25) is 0 Å². The zero-order valence-corrected chi connectivity index (χ0v) is 11.8. The first-order valence-corrected chi connectivity index (χ1v) is 7.32. The quantitative estimate of drug-likeness (QED) is 0.418. The Bertz CT molecular complexity index is 346. The van der Waals surface area contributed by atoms with Crippen LogP contribution in [0.1, 0.15) is 12.8 Å². The summed E-state index contributed by atoms with van der Waals surface area (Å²) in [6, 6.07) is -0.464. The highest BCUT2D eigenvalue weighted by Crippen LogP contribution is 2.40. The highest BCUT2D eigenvalue weighted by atomic mass is 35.5. The molecular formula is C12H21ClN2O5. The number of urea groups is 1. The monoisotopic (exact) mass is 308 g/mol. The summed E-state index contributed by atoms with van der Waals surface area (Å²) in [5.41, 5.74) is 0. The number of aliphatic hydroxyl groups excluding tert-OH is 3. The predicted octanol–water partition coefficient (Wildman–Crippen LogP) is -1.01. The maximum Gasteiger partial charge on any atom is 0.316 e. The van der Waals surface area contributed by atoms with E-state index in [0.29, 0.717) is 24.3 Å². The molecule has 7 nitrogen and oxygen atoms in total. The molecule has 2 unspecified atom stereocenters. The lowest BCUT2D eigenvalue weighted by molar-refractivity contribution is -0.191. The smallest absolute Gasteiger partial charge is 0.316 e. The standard InChI is InChI=1S/C12H21ClN2O5/c13-2-1-6-3-7(6)4-14-12(19)15-11-10(18)9(17)8(16)5-20-11/h6-11,16-18H,1-5H2,(H2,14,15,19)/t6?,7?,8-,9-,10+,11-/m1/s1. The molecule has 2 aliphatic rings. The molecule has 1 heterocycles. The second-order valence-electron chi connectivity index (χ2n) is 5.39. The molecule has 0 radical (unpaired) electrons. The maximum atomic E-state index is 11.7. The van der Waals surface area contributed by atoms with Crippen LogP contribution in [-0.2, 0) is 4.74 Å². The molecule has 1 saturated carbocycles. The molecule has 2 fully saturated rings. The van der Waals surface area contributed by atoms with Crippen molar-refractivity contribution in [3.05, 3.63) is 0 Å². The third-order valence-electron chi connectivity index (χ3n) is 3.85. The van der Waals surface area contributed by atoms with Crippen molar-refractivity contribution in [3.63, 3.8) is 0 Å². The third-order valence-corrected chi connectivity index (χ3v) is 4.07. The molecule has 2 amide bonds. The number of alkyl halides is 1. The zero-order chi connectivity index (χ0) is 14.7. The van der Waals surface area contributed by atoms with Crippen molar-refractivity contribution in [1.82, 2.24) is 10.6 Å². The van der Waals surface area contributed by atoms with E-state index in [4.69, 9.17) is 16.3 Å². The van der Waals surface area contributed by atoms with E-state index in [9.17, 15) is 20.1 Å². The number of aliphatic hydroxyl groups is 3. The van der Waals surface area contributed by atoms with E-state index in [0.717, 1.165) is 12.8 Å². The predicted molar refractivity (Wildman–Crippen MR) is 71.2 cm³/mol. The normalized spacial score (nSPS) is 40.2. The Balaban J connectivity index is 1.67. The molecule has 1 aliphatic heterocycles. The van der Waals surface area contributed by atoms with E-state index >= 15 is 0 Å². The Labute approximate surface area is 122 Å². The average Bonchev–Trinajstić information content (AvgIpc) is 3.16. The fourth-order valence-corrected chi connectivity index (χ4v) is 2.67. The van der Waals surface area contributed by atoms with Crippen molar-refractivity contribution in [1.29, 1.82) is 0 Å². The zero-order valence-electron chi connectivity index (χ0n) is 11.0. The second-order valence-corrected chi connectivity index (χ2v) is 5.77. The molecule has 0 aromatic heterocycles. The minimum absolute atomic E-state index is 0.135. The van der Waals surface area contributed by atoms with E-state index in [1.165, 1.54) is 0 Å². The molecule has 116 valence electrons. The fourth-order valence-electron chi connectivity index (χ4n) is 2.39. The maximum absolute atomic E-state index is 11.7. The number of amides is 2. The summed E-state index contributed by atoms with van der Waals surface area (Å²) in [7, 11) is 0. The van der Waals surface area contributed by atoms with Crippen LogP contribution in [0.4, 0.5) is 4.79 Å². The first-order valence-electron chi connectivity index (χ1n) is 6.79. The fraction of sp³-hybridized carbons (Fsp3) is 0.917. The Morgan fingerprint density at radius 3 is 2.70 bits per heavy atom. The van der Waals surface area contributed by atoms with Gasteiger partial charge in [0.25, 0.3) is 0 Å². The van der Waals surface area contributed by atoms with Gasteiger partial charge in [-0.3, -0.25) is 0 Å². The summed E-state index contributed by atoms with van der Waals surface area (Å²) in [6.45, 7) is 0.422. The molecule has 0 aromatic carbocycles. The van der Waals surface area contributed by atoms with Gasteiger partial charge in [0.1, 0.15) is 18.3 Å². The van der Waals surface area contributed by atoms with Crippen LogP contribution in [0, 0.1) is 11.8 Å². The number of nitrogens with one attached hydrogen (secondary N) is 2. The van der Waals surface area contributed by atoms with Gasteiger partial charge in [-0.1, -0.05) is 0 Å². The minimum atomic E-state index is -1.35. The highest BCUT2D eigenvalue weighted by Gasteiger charge is 2.39. The van der Waals surface area contributed by atoms with E-state index in [1.54, 1.807) is 0 Å². The van der Waals surface area contributed by atoms with Gasteiger partial charge < -0.3 is 30.7 Å². The van der Waals surface area contributed by atoms with Crippen LogP contribution in [0.3, 0.4) is 0 Å². The van der Waals surface area contributed by atoms with Gasteiger partial charge in [-0.05, 0) is 24.7 Å². The van der Waals surface area contributed by atoms with Crippen LogP contribution in [0.25, 0.3) is 0 Å². The summed E-state index contributed by atoms with van der Waals surface area (Å²) in [5.74, 6) is 1.68. The highest BCUT2D eigenvalue weighted by molar-refractivity contribution is 6.17. The number of carbonyl (C=O) groups excluding carboxylic acids is 1. The van der Waals surface area contributed by atoms with Gasteiger partial charge in [-0.25, -0.2) is 4.79 Å². The Morgan fingerprint density at radius 1 is 1.25 bits per heavy atom. The lowest BCUT2D eigenvalue weighted by Gasteiger charge is -2.35. The summed E-state index contributed by atoms with van der Waals surface area (Å²) in [6.07, 6.45) is -2.81. The molecular weight excluding hydrogens is 288 g/mol. The molecule has 20 heavy (non-hydrogen) atoms. The third kappa shape index (κ3) is 3.95. The Morgan fingerprint density at radius 2 is 2.00 bits per heavy atom. The molecule has 6 atom stereocenters. The van der Waals surface area contributed by atoms with E-state index in [2.05, 4.69) is 10.6 Å². The Kier molecular flexibility index (Phi) is 5.45. The molecule has 0 bridgehead atoms. The molecule has 0 spiro atoms. The number of carbonyl (C=O) groups is 1. The summed E-state index contributed by atoms with van der Waals surface area (Å²) in [4.78, 5) is 11.7. The van der Waals surface area contributed by atoms with Crippen molar-refractivity contribution in [2.45, 2.75) is 37.4 Å². The molecule has 0 aromatic rings. The SMILES string of the molecule is O=C(NCC1CC1CCCl)N[C@@H]1OC[C@@H](O)[C@@H](O)[C@@H]1O. The van der Waals surface area contributed by atoms with Crippen molar-refractivity contribution in [2.24, 2.45) is 11.8 Å². The summed E-state index contributed by atoms with van der Waals surface area (Å²) >= 11 is 5.65. The van der Waals surface area contributed by atoms with Crippen LogP contribution in [0.2, 0.25) is 0 Å². The first kappa shape index (κ1) is 15.8. The second kappa shape index (κ2) is 6.91. The average molecular weight is 309 g/mol. The summed E-state index contributed by atoms with van der Waals surface area (Å²) in [5, 5.41) is 33.6. The number of rotatable bonds is 5. The molecule has 8 heteroatoms. The summed E-state index contributed by atoms with van der Waals surface area (Å²) < 4.78 is 5.08. The van der Waals surface area contributed by atoms with Gasteiger partial charge in [-0.15, -0.1) is 11.6 Å². The van der Waals surface area contributed by atoms with E-state index in [-0.39, 0.29) is 6.61 Å². The lowest BCUT2D eigenvalue weighted by atomic mass is 10.0. The molecule has 1 aliphatic carbocycles. The van der Waals surface area contributed by atoms with Gasteiger partial charge in [0.15, 0.2) is 6.23 Å². The van der Waals surface area contributed by atoms with Crippen LogP contribution < -0.4 is 10.6 Å². The van der Waals surface area contributed by atoms with Crippen molar-refractivity contribution < 1.29 is 24.9 Å². The van der Waals surface area contributed by atoms with Gasteiger partial charge >= 0.3 is 6.03 Å². The van der Waals surface area contributed by atoms with Crippen LogP contribution in [0.5, 0.6) is 0 Å². The van der Waals surface area contributed by atoms with Crippen molar-refractivity contribution in [2.75, 3.05) is 19.0 Å². The van der Waals surface area contributed by atoms with Gasteiger partial charge in [-0.2, -0.15) is 0 Å². The number of hydrogen-bond donors (Lipinski definition) is 5. The molecule has 1 saturated heterocycles. The lowest BCUT2D eigenvalue weighted by Crippen LogP contribution is -2.60. The molecule has 5 N–H and O–H groups in total. The van der Waals surface area contributed by atoms with Crippen molar-refractivity contribution >= 4 is 17.6 Å².